The number of esters is 1. The topological polar surface area (TPSA) is 93.7 Å². The minimum absolute atomic E-state index is 0.0469. The number of carbonyl (C=O) groups excluding carboxylic acids is 3. The molecule has 1 heterocycles. The number of hydrogen-bond acceptors (Lipinski definition) is 5. The molecule has 7 nitrogen and oxygen atoms in total. The fourth-order valence-corrected chi connectivity index (χ4v) is 3.38. The van der Waals surface area contributed by atoms with Crippen LogP contribution < -0.4 is 15.4 Å². The monoisotopic (exact) mass is 396 g/mol. The Balaban J connectivity index is 1.53. The summed E-state index contributed by atoms with van der Waals surface area (Å²) in [5.41, 5.74) is 2.99. The maximum atomic E-state index is 12.3. The van der Waals surface area contributed by atoms with Gasteiger partial charge in [0.15, 0.2) is 0 Å². The number of anilines is 1. The molecule has 2 aromatic carbocycles. The maximum absolute atomic E-state index is 12.3. The van der Waals surface area contributed by atoms with Crippen molar-refractivity contribution in [1.29, 1.82) is 0 Å². The first kappa shape index (κ1) is 20.4. The summed E-state index contributed by atoms with van der Waals surface area (Å²) < 4.78 is 9.92. The summed E-state index contributed by atoms with van der Waals surface area (Å²) in [6.45, 7) is 0.270. The lowest BCUT2D eigenvalue weighted by Crippen LogP contribution is -2.31. The molecular formula is C22H24N2O5. The van der Waals surface area contributed by atoms with E-state index in [4.69, 9.17) is 9.47 Å². The van der Waals surface area contributed by atoms with Gasteiger partial charge in [0.25, 0.3) is 0 Å². The molecule has 0 aromatic heterocycles. The number of amides is 2. The van der Waals surface area contributed by atoms with Crippen molar-refractivity contribution < 1.29 is 23.9 Å². The van der Waals surface area contributed by atoms with Crippen molar-refractivity contribution in [3.8, 4) is 5.75 Å². The quantitative estimate of drug-likeness (QED) is 0.702. The molecule has 7 heteroatoms. The van der Waals surface area contributed by atoms with Crippen LogP contribution in [0.3, 0.4) is 0 Å². The van der Waals surface area contributed by atoms with Crippen LogP contribution in [0.2, 0.25) is 0 Å². The lowest BCUT2D eigenvalue weighted by Gasteiger charge is -2.24. The van der Waals surface area contributed by atoms with Gasteiger partial charge < -0.3 is 20.1 Å². The van der Waals surface area contributed by atoms with E-state index in [-0.39, 0.29) is 30.7 Å². The molecule has 0 bridgehead atoms. The lowest BCUT2D eigenvalue weighted by molar-refractivity contribution is -0.122. The van der Waals surface area contributed by atoms with Crippen molar-refractivity contribution in [2.24, 2.45) is 5.92 Å². The van der Waals surface area contributed by atoms with Gasteiger partial charge in [-0.15, -0.1) is 0 Å². The van der Waals surface area contributed by atoms with Gasteiger partial charge >= 0.3 is 5.97 Å². The molecule has 0 spiro atoms. The molecule has 1 atom stereocenters. The average Bonchev–Trinajstić information content (AvgIpc) is 2.75. The predicted molar refractivity (Wildman–Crippen MR) is 108 cm³/mol. The smallest absolute Gasteiger partial charge is 0.341 e. The SMILES string of the molecule is COC(=O)c1cc(CNC(=O)CC[C@H]2Cc3ccccc3NC2=O)ccc1OC. The largest absolute Gasteiger partial charge is 0.496 e. The van der Waals surface area contributed by atoms with Crippen LogP contribution in [-0.2, 0) is 27.3 Å². The van der Waals surface area contributed by atoms with Crippen molar-refractivity contribution in [2.75, 3.05) is 19.5 Å². The summed E-state index contributed by atoms with van der Waals surface area (Å²) in [7, 11) is 2.78. The number of benzene rings is 2. The summed E-state index contributed by atoms with van der Waals surface area (Å²) >= 11 is 0. The molecule has 0 saturated carbocycles. The summed E-state index contributed by atoms with van der Waals surface area (Å²) in [5.74, 6) is -0.502. The first-order chi connectivity index (χ1) is 14.0. The van der Waals surface area contributed by atoms with Crippen LogP contribution in [0.1, 0.15) is 34.3 Å². The fraction of sp³-hybridized carbons (Fsp3) is 0.318. The number of nitrogens with one attached hydrogen (secondary N) is 2. The third-order valence-electron chi connectivity index (χ3n) is 4.99. The minimum atomic E-state index is -0.501. The Hall–Kier alpha value is -3.35. The predicted octanol–water partition coefficient (Wildman–Crippen LogP) is 2.69. The van der Waals surface area contributed by atoms with Gasteiger partial charge in [-0.1, -0.05) is 24.3 Å². The van der Waals surface area contributed by atoms with Gasteiger partial charge in [0.05, 0.1) is 14.2 Å². The molecule has 2 aromatic rings. The van der Waals surface area contributed by atoms with Crippen LogP contribution in [0.25, 0.3) is 0 Å². The van der Waals surface area contributed by atoms with E-state index in [9.17, 15) is 14.4 Å². The molecular weight excluding hydrogens is 372 g/mol. The van der Waals surface area contributed by atoms with Crippen LogP contribution in [0.5, 0.6) is 5.75 Å². The van der Waals surface area contributed by atoms with Crippen LogP contribution >= 0.6 is 0 Å². The second-order valence-corrected chi connectivity index (χ2v) is 6.89. The van der Waals surface area contributed by atoms with E-state index < -0.39 is 5.97 Å². The van der Waals surface area contributed by atoms with Gasteiger partial charge in [0, 0.05) is 24.6 Å². The molecule has 1 aliphatic rings. The van der Waals surface area contributed by atoms with Crippen molar-refractivity contribution in [1.82, 2.24) is 5.32 Å². The van der Waals surface area contributed by atoms with E-state index in [1.807, 2.05) is 24.3 Å². The molecule has 29 heavy (non-hydrogen) atoms. The molecule has 3 rings (SSSR count). The molecule has 0 radical (unpaired) electrons. The molecule has 152 valence electrons. The Labute approximate surface area is 169 Å². The standard InChI is InChI=1S/C22H24N2O5/c1-28-19-9-7-14(11-17(19)22(27)29-2)13-23-20(25)10-8-16-12-15-5-3-4-6-18(15)24-21(16)26/h3-7,9,11,16H,8,10,12-13H2,1-2H3,(H,23,25)(H,24,26)/t16-/m0/s1. The normalized spacial score (nSPS) is 15.1. The molecule has 0 saturated heterocycles. The number of ether oxygens (including phenoxy) is 2. The van der Waals surface area contributed by atoms with Gasteiger partial charge in [-0.2, -0.15) is 0 Å². The van der Waals surface area contributed by atoms with Crippen molar-refractivity contribution in [2.45, 2.75) is 25.8 Å². The molecule has 2 N–H and O–H groups in total. The molecule has 0 fully saturated rings. The Bertz CT molecular complexity index is 925. The van der Waals surface area contributed by atoms with E-state index in [0.29, 0.717) is 24.2 Å². The van der Waals surface area contributed by atoms with E-state index >= 15 is 0 Å². The third-order valence-corrected chi connectivity index (χ3v) is 4.99. The molecule has 1 aliphatic heterocycles. The second kappa shape index (κ2) is 9.23. The highest BCUT2D eigenvalue weighted by Gasteiger charge is 2.26. The number of para-hydroxylation sites is 1. The van der Waals surface area contributed by atoms with Gasteiger partial charge in [-0.05, 0) is 42.2 Å². The van der Waals surface area contributed by atoms with Crippen molar-refractivity contribution in [3.63, 3.8) is 0 Å². The number of carbonyl (C=O) groups is 3. The summed E-state index contributed by atoms with van der Waals surface area (Å²) in [4.78, 5) is 36.3. The Morgan fingerprint density at radius 3 is 2.72 bits per heavy atom. The van der Waals surface area contributed by atoms with E-state index in [1.54, 1.807) is 18.2 Å². The van der Waals surface area contributed by atoms with E-state index in [2.05, 4.69) is 10.6 Å². The van der Waals surface area contributed by atoms with Gasteiger partial charge in [-0.3, -0.25) is 9.59 Å². The number of rotatable bonds is 7. The summed E-state index contributed by atoms with van der Waals surface area (Å²) in [6.07, 6.45) is 1.36. The highest BCUT2D eigenvalue weighted by atomic mass is 16.5. The fourth-order valence-electron chi connectivity index (χ4n) is 3.38. The van der Waals surface area contributed by atoms with E-state index in [1.165, 1.54) is 14.2 Å². The Morgan fingerprint density at radius 1 is 1.17 bits per heavy atom. The molecule has 0 aliphatic carbocycles. The first-order valence-corrected chi connectivity index (χ1v) is 9.42. The van der Waals surface area contributed by atoms with Crippen molar-refractivity contribution in [3.05, 3.63) is 59.2 Å². The first-order valence-electron chi connectivity index (χ1n) is 9.42. The van der Waals surface area contributed by atoms with Gasteiger partial charge in [0.2, 0.25) is 11.8 Å². The Kier molecular flexibility index (Phi) is 6.49. The zero-order valence-electron chi connectivity index (χ0n) is 16.5. The number of hydrogen-bond donors (Lipinski definition) is 2. The molecule has 0 unspecified atom stereocenters. The lowest BCUT2D eigenvalue weighted by atomic mass is 9.89. The zero-order chi connectivity index (χ0) is 20.8. The van der Waals surface area contributed by atoms with Crippen LogP contribution in [0.15, 0.2) is 42.5 Å². The van der Waals surface area contributed by atoms with Crippen molar-refractivity contribution >= 4 is 23.5 Å². The van der Waals surface area contributed by atoms with Gasteiger partial charge in [-0.25, -0.2) is 4.79 Å². The highest BCUT2D eigenvalue weighted by Crippen LogP contribution is 2.27. The third kappa shape index (κ3) is 4.93. The zero-order valence-corrected chi connectivity index (χ0v) is 16.5. The second-order valence-electron chi connectivity index (χ2n) is 6.89. The Morgan fingerprint density at radius 2 is 1.97 bits per heavy atom. The molecule has 2 amide bonds. The minimum Gasteiger partial charge on any atom is -0.496 e. The highest BCUT2D eigenvalue weighted by molar-refractivity contribution is 5.96. The number of fused-ring (bicyclic) bond motifs is 1. The summed E-state index contributed by atoms with van der Waals surface area (Å²) in [5, 5.41) is 5.73. The van der Waals surface area contributed by atoms with Gasteiger partial charge in [0.1, 0.15) is 11.3 Å². The number of methoxy groups -OCH3 is 2. The van der Waals surface area contributed by atoms with Crippen LogP contribution in [0.4, 0.5) is 5.69 Å². The maximum Gasteiger partial charge on any atom is 0.341 e. The van der Waals surface area contributed by atoms with E-state index in [0.717, 1.165) is 16.8 Å². The van der Waals surface area contributed by atoms with Crippen LogP contribution in [0, 0.1) is 5.92 Å². The summed E-state index contributed by atoms with van der Waals surface area (Å²) in [6, 6.07) is 12.8. The average molecular weight is 396 g/mol. The van der Waals surface area contributed by atoms with Crippen LogP contribution in [-0.4, -0.2) is 32.0 Å².